The summed E-state index contributed by atoms with van der Waals surface area (Å²) in [6.45, 7) is 0.943. The second kappa shape index (κ2) is 7.91. The van der Waals surface area contributed by atoms with Gasteiger partial charge in [0.15, 0.2) is 0 Å². The average Bonchev–Trinajstić information content (AvgIpc) is 2.61. The van der Waals surface area contributed by atoms with Gasteiger partial charge in [-0.1, -0.05) is 29.8 Å². The molecule has 1 aliphatic rings. The smallest absolute Gasteiger partial charge is 0.123 e. The highest BCUT2D eigenvalue weighted by atomic mass is 35.5. The molecule has 2 aromatic rings. The van der Waals surface area contributed by atoms with E-state index in [0.29, 0.717) is 0 Å². The Bertz CT molecular complexity index is 704. The quantitative estimate of drug-likeness (QED) is 0.767. The first-order chi connectivity index (χ1) is 11.7. The molecule has 3 nitrogen and oxygen atoms in total. The van der Waals surface area contributed by atoms with Crippen molar-refractivity contribution in [3.8, 4) is 0 Å². The summed E-state index contributed by atoms with van der Waals surface area (Å²) >= 11 is 6.08. The van der Waals surface area contributed by atoms with Crippen LogP contribution >= 0.6 is 11.6 Å². The van der Waals surface area contributed by atoms with E-state index in [1.54, 1.807) is 0 Å². The van der Waals surface area contributed by atoms with Crippen LogP contribution in [0.3, 0.4) is 0 Å². The SMILES string of the molecule is CN1CCC(C=O)CC1c1ncccc1CCc1cccc(Cl)c1. The third-order valence-electron chi connectivity index (χ3n) is 4.92. The molecule has 1 aliphatic heterocycles. The molecule has 2 atom stereocenters. The van der Waals surface area contributed by atoms with Crippen molar-refractivity contribution in [3.63, 3.8) is 0 Å². The van der Waals surface area contributed by atoms with Crippen molar-refractivity contribution in [2.45, 2.75) is 31.7 Å². The van der Waals surface area contributed by atoms with Gasteiger partial charge in [-0.2, -0.15) is 0 Å². The number of halogens is 1. The van der Waals surface area contributed by atoms with Gasteiger partial charge in [0.25, 0.3) is 0 Å². The minimum Gasteiger partial charge on any atom is -0.303 e. The van der Waals surface area contributed by atoms with E-state index in [9.17, 15) is 4.79 Å². The molecule has 0 spiro atoms. The number of aldehydes is 1. The fourth-order valence-corrected chi connectivity index (χ4v) is 3.70. The first kappa shape index (κ1) is 17.1. The summed E-state index contributed by atoms with van der Waals surface area (Å²) in [6.07, 6.45) is 6.64. The minimum absolute atomic E-state index is 0.147. The molecule has 24 heavy (non-hydrogen) atoms. The number of nitrogens with zero attached hydrogens (tertiary/aromatic N) is 2. The third kappa shape index (κ3) is 4.03. The number of hydrogen-bond donors (Lipinski definition) is 0. The topological polar surface area (TPSA) is 33.2 Å². The molecule has 126 valence electrons. The Morgan fingerprint density at radius 3 is 2.96 bits per heavy atom. The lowest BCUT2D eigenvalue weighted by Gasteiger charge is -2.35. The highest BCUT2D eigenvalue weighted by Gasteiger charge is 2.29. The van der Waals surface area contributed by atoms with Gasteiger partial charge in [0.2, 0.25) is 0 Å². The molecular formula is C20H23ClN2O. The van der Waals surface area contributed by atoms with Crippen molar-refractivity contribution in [2.24, 2.45) is 5.92 Å². The number of aromatic nitrogens is 1. The molecule has 0 aliphatic carbocycles. The number of rotatable bonds is 5. The molecule has 0 saturated carbocycles. The molecule has 4 heteroatoms. The van der Waals surface area contributed by atoms with E-state index in [2.05, 4.69) is 29.1 Å². The highest BCUT2D eigenvalue weighted by molar-refractivity contribution is 6.30. The Morgan fingerprint density at radius 1 is 1.29 bits per heavy atom. The molecule has 0 radical (unpaired) electrons. The first-order valence-corrected chi connectivity index (χ1v) is 8.89. The van der Waals surface area contributed by atoms with Crippen LogP contribution in [-0.2, 0) is 17.6 Å². The van der Waals surface area contributed by atoms with Crippen molar-refractivity contribution in [1.29, 1.82) is 0 Å². The van der Waals surface area contributed by atoms with Crippen LogP contribution < -0.4 is 0 Å². The van der Waals surface area contributed by atoms with Crippen LogP contribution in [0.4, 0.5) is 0 Å². The number of piperidine rings is 1. The van der Waals surface area contributed by atoms with Gasteiger partial charge in [0.05, 0.1) is 11.7 Å². The van der Waals surface area contributed by atoms with E-state index in [-0.39, 0.29) is 12.0 Å². The maximum Gasteiger partial charge on any atom is 0.123 e. The molecule has 2 heterocycles. The van der Waals surface area contributed by atoms with Gasteiger partial charge in [-0.3, -0.25) is 9.88 Å². The van der Waals surface area contributed by atoms with Crippen LogP contribution in [0.2, 0.25) is 5.02 Å². The van der Waals surface area contributed by atoms with Gasteiger partial charge < -0.3 is 4.79 Å². The molecule has 0 bridgehead atoms. The molecular weight excluding hydrogens is 320 g/mol. The number of benzene rings is 1. The summed E-state index contributed by atoms with van der Waals surface area (Å²) in [5.41, 5.74) is 3.62. The van der Waals surface area contributed by atoms with E-state index < -0.39 is 0 Å². The summed E-state index contributed by atoms with van der Waals surface area (Å²) in [4.78, 5) is 18.2. The predicted octanol–water partition coefficient (Wildman–Crippen LogP) is 4.10. The van der Waals surface area contributed by atoms with E-state index in [4.69, 9.17) is 11.6 Å². The monoisotopic (exact) mass is 342 g/mol. The molecule has 2 unspecified atom stereocenters. The molecule has 3 rings (SSSR count). The molecule has 0 amide bonds. The second-order valence-corrected chi connectivity index (χ2v) is 7.03. The fraction of sp³-hybridized carbons (Fsp3) is 0.400. The second-order valence-electron chi connectivity index (χ2n) is 6.59. The Labute approximate surface area is 148 Å². The van der Waals surface area contributed by atoms with Gasteiger partial charge in [-0.05, 0) is 68.6 Å². The average molecular weight is 343 g/mol. The summed E-state index contributed by atoms with van der Waals surface area (Å²) < 4.78 is 0. The predicted molar refractivity (Wildman–Crippen MR) is 97.3 cm³/mol. The maximum atomic E-state index is 11.2. The number of likely N-dealkylation sites (tertiary alicyclic amines) is 1. The Morgan fingerprint density at radius 2 is 2.17 bits per heavy atom. The summed E-state index contributed by atoms with van der Waals surface area (Å²) in [5.74, 6) is 0.147. The van der Waals surface area contributed by atoms with Crippen LogP contribution in [0, 0.1) is 5.92 Å². The molecule has 1 saturated heterocycles. The van der Waals surface area contributed by atoms with Crippen LogP contribution in [0.15, 0.2) is 42.6 Å². The van der Waals surface area contributed by atoms with Gasteiger partial charge >= 0.3 is 0 Å². The van der Waals surface area contributed by atoms with Crippen LogP contribution in [0.5, 0.6) is 0 Å². The zero-order valence-corrected chi connectivity index (χ0v) is 14.7. The van der Waals surface area contributed by atoms with Crippen molar-refractivity contribution >= 4 is 17.9 Å². The third-order valence-corrected chi connectivity index (χ3v) is 5.15. The fourth-order valence-electron chi connectivity index (χ4n) is 3.49. The van der Waals surface area contributed by atoms with E-state index in [1.807, 2.05) is 30.5 Å². The Kier molecular flexibility index (Phi) is 5.64. The summed E-state index contributed by atoms with van der Waals surface area (Å²) in [7, 11) is 2.13. The van der Waals surface area contributed by atoms with Crippen LogP contribution in [0.1, 0.15) is 35.7 Å². The lowest BCUT2D eigenvalue weighted by atomic mass is 9.88. The largest absolute Gasteiger partial charge is 0.303 e. The Balaban J connectivity index is 1.78. The van der Waals surface area contributed by atoms with Gasteiger partial charge in [-0.15, -0.1) is 0 Å². The van der Waals surface area contributed by atoms with Gasteiger partial charge in [-0.25, -0.2) is 0 Å². The summed E-state index contributed by atoms with van der Waals surface area (Å²) in [6, 6.07) is 12.4. The van der Waals surface area contributed by atoms with Crippen LogP contribution in [-0.4, -0.2) is 29.8 Å². The van der Waals surface area contributed by atoms with E-state index in [0.717, 1.165) is 49.2 Å². The lowest BCUT2D eigenvalue weighted by Crippen LogP contribution is -2.35. The maximum absolute atomic E-state index is 11.2. The molecule has 1 aromatic heterocycles. The summed E-state index contributed by atoms with van der Waals surface area (Å²) in [5, 5.41) is 0.778. The zero-order chi connectivity index (χ0) is 16.9. The van der Waals surface area contributed by atoms with Gasteiger partial charge in [0, 0.05) is 17.1 Å². The molecule has 1 aromatic carbocycles. The van der Waals surface area contributed by atoms with Crippen molar-refractivity contribution in [3.05, 3.63) is 64.4 Å². The standard InChI is InChI=1S/C20H23ClN2O/c1-23-11-9-16(14-24)13-19(23)20-17(5-3-10-22-20)8-7-15-4-2-6-18(21)12-15/h2-6,10,12,14,16,19H,7-9,11,13H2,1H3. The molecule has 1 fully saturated rings. The van der Waals surface area contributed by atoms with Crippen molar-refractivity contribution in [2.75, 3.05) is 13.6 Å². The van der Waals surface area contributed by atoms with E-state index in [1.165, 1.54) is 11.1 Å². The zero-order valence-electron chi connectivity index (χ0n) is 14.0. The van der Waals surface area contributed by atoms with Crippen molar-refractivity contribution < 1.29 is 4.79 Å². The Hall–Kier alpha value is -1.71. The number of aryl methyl sites for hydroxylation is 2. The number of carbonyl (C=O) groups excluding carboxylic acids is 1. The number of carbonyl (C=O) groups is 1. The van der Waals surface area contributed by atoms with E-state index >= 15 is 0 Å². The van der Waals surface area contributed by atoms with Crippen molar-refractivity contribution in [1.82, 2.24) is 9.88 Å². The highest BCUT2D eigenvalue weighted by Crippen LogP contribution is 2.33. The molecule has 0 N–H and O–H groups in total. The lowest BCUT2D eigenvalue weighted by molar-refractivity contribution is -0.112. The normalized spacial score (nSPS) is 21.6. The first-order valence-electron chi connectivity index (χ1n) is 8.51. The van der Waals surface area contributed by atoms with Crippen LogP contribution in [0.25, 0.3) is 0 Å². The van der Waals surface area contributed by atoms with Gasteiger partial charge in [0.1, 0.15) is 6.29 Å². The number of hydrogen-bond acceptors (Lipinski definition) is 3. The minimum atomic E-state index is 0.147. The number of pyridine rings is 1.